The highest BCUT2D eigenvalue weighted by atomic mass is 15.3. The van der Waals surface area contributed by atoms with Crippen LogP contribution in [0.1, 0.15) is 57.3 Å². The van der Waals surface area contributed by atoms with E-state index in [0.29, 0.717) is 5.54 Å². The van der Waals surface area contributed by atoms with Crippen LogP contribution in [0.15, 0.2) is 6.07 Å². The number of rotatable bonds is 3. The zero-order chi connectivity index (χ0) is 15.1. The van der Waals surface area contributed by atoms with Gasteiger partial charge in [0.05, 0.1) is 11.4 Å². The average molecular weight is 290 g/mol. The standard InChI is InChI=1S/C17H30N4/c1-5-16(3)12-18-17(8-6-7-9-17)13-21(16)11-15-10-14(2)19-20(15)4/h10,18H,5-9,11-13H2,1-4H3. The van der Waals surface area contributed by atoms with Crippen LogP contribution in [0.2, 0.25) is 0 Å². The highest BCUT2D eigenvalue weighted by molar-refractivity contribution is 5.12. The van der Waals surface area contributed by atoms with Crippen molar-refractivity contribution in [2.75, 3.05) is 13.1 Å². The van der Waals surface area contributed by atoms with Gasteiger partial charge in [-0.1, -0.05) is 19.8 Å². The van der Waals surface area contributed by atoms with Crippen LogP contribution in [-0.4, -0.2) is 38.8 Å². The first-order valence-corrected chi connectivity index (χ1v) is 8.46. The van der Waals surface area contributed by atoms with Gasteiger partial charge in [0.25, 0.3) is 0 Å². The van der Waals surface area contributed by atoms with Gasteiger partial charge in [-0.05, 0) is 39.2 Å². The Balaban J connectivity index is 1.82. The van der Waals surface area contributed by atoms with Crippen LogP contribution < -0.4 is 5.32 Å². The van der Waals surface area contributed by atoms with E-state index in [4.69, 9.17) is 0 Å². The molecule has 2 heterocycles. The number of piperazine rings is 1. The monoisotopic (exact) mass is 290 g/mol. The minimum Gasteiger partial charge on any atom is -0.308 e. The molecule has 118 valence electrons. The van der Waals surface area contributed by atoms with Crippen LogP contribution in [0, 0.1) is 6.92 Å². The maximum Gasteiger partial charge on any atom is 0.0597 e. The molecule has 1 aromatic heterocycles. The van der Waals surface area contributed by atoms with E-state index in [1.807, 2.05) is 0 Å². The zero-order valence-corrected chi connectivity index (χ0v) is 14.1. The third-order valence-electron chi connectivity index (χ3n) is 5.88. The lowest BCUT2D eigenvalue weighted by molar-refractivity contribution is 0.00617. The van der Waals surface area contributed by atoms with Crippen molar-refractivity contribution in [2.24, 2.45) is 7.05 Å². The van der Waals surface area contributed by atoms with Crippen molar-refractivity contribution in [3.05, 3.63) is 17.5 Å². The van der Waals surface area contributed by atoms with Crippen LogP contribution in [-0.2, 0) is 13.6 Å². The summed E-state index contributed by atoms with van der Waals surface area (Å²) in [5.74, 6) is 0. The van der Waals surface area contributed by atoms with Gasteiger partial charge in [-0.15, -0.1) is 0 Å². The van der Waals surface area contributed by atoms with Crippen LogP contribution >= 0.6 is 0 Å². The van der Waals surface area contributed by atoms with Gasteiger partial charge in [0, 0.05) is 37.8 Å². The second-order valence-corrected chi connectivity index (χ2v) is 7.45. The van der Waals surface area contributed by atoms with E-state index in [2.05, 4.69) is 53.9 Å². The van der Waals surface area contributed by atoms with E-state index < -0.39 is 0 Å². The normalized spacial score (nSPS) is 29.3. The predicted octanol–water partition coefficient (Wildman–Crippen LogP) is 2.62. The number of hydrogen-bond acceptors (Lipinski definition) is 3. The summed E-state index contributed by atoms with van der Waals surface area (Å²) in [6.45, 7) is 10.1. The Kier molecular flexibility index (Phi) is 3.87. The summed E-state index contributed by atoms with van der Waals surface area (Å²) >= 11 is 0. The molecule has 1 unspecified atom stereocenters. The second kappa shape index (κ2) is 5.40. The number of hydrogen-bond donors (Lipinski definition) is 1. The van der Waals surface area contributed by atoms with E-state index in [1.165, 1.54) is 44.3 Å². The summed E-state index contributed by atoms with van der Waals surface area (Å²) in [7, 11) is 2.07. The number of nitrogens with zero attached hydrogens (tertiary/aromatic N) is 3. The second-order valence-electron chi connectivity index (χ2n) is 7.45. The third-order valence-corrected chi connectivity index (χ3v) is 5.88. The maximum atomic E-state index is 4.51. The molecule has 1 aliphatic heterocycles. The quantitative estimate of drug-likeness (QED) is 0.929. The fraction of sp³-hybridized carbons (Fsp3) is 0.824. The molecule has 1 saturated carbocycles. The number of aryl methyl sites for hydroxylation is 2. The molecule has 2 aliphatic rings. The topological polar surface area (TPSA) is 33.1 Å². The minimum absolute atomic E-state index is 0.256. The molecule has 0 aromatic carbocycles. The molecular formula is C17H30N4. The molecule has 4 heteroatoms. The summed E-state index contributed by atoms with van der Waals surface area (Å²) in [6.07, 6.45) is 6.64. The van der Waals surface area contributed by atoms with Gasteiger partial charge in [0.2, 0.25) is 0 Å². The molecule has 4 nitrogen and oxygen atoms in total. The predicted molar refractivity (Wildman–Crippen MR) is 86.3 cm³/mol. The lowest BCUT2D eigenvalue weighted by atomic mass is 9.85. The Hall–Kier alpha value is -0.870. The van der Waals surface area contributed by atoms with Crippen LogP contribution in [0.4, 0.5) is 0 Å². The van der Waals surface area contributed by atoms with Crippen LogP contribution in [0.25, 0.3) is 0 Å². The number of aromatic nitrogens is 2. The fourth-order valence-corrected chi connectivity index (χ4v) is 4.09. The smallest absolute Gasteiger partial charge is 0.0597 e. The Morgan fingerprint density at radius 3 is 2.62 bits per heavy atom. The molecule has 2 fully saturated rings. The molecule has 0 bridgehead atoms. The first-order valence-electron chi connectivity index (χ1n) is 8.46. The third kappa shape index (κ3) is 2.76. The van der Waals surface area contributed by atoms with Gasteiger partial charge in [-0.2, -0.15) is 5.10 Å². The van der Waals surface area contributed by atoms with Crippen molar-refractivity contribution in [1.82, 2.24) is 20.0 Å². The van der Waals surface area contributed by atoms with E-state index in [9.17, 15) is 0 Å². The van der Waals surface area contributed by atoms with Crippen molar-refractivity contribution >= 4 is 0 Å². The highest BCUT2D eigenvalue weighted by Crippen LogP contribution is 2.37. The molecule has 1 N–H and O–H groups in total. The van der Waals surface area contributed by atoms with E-state index in [1.54, 1.807) is 0 Å². The summed E-state index contributed by atoms with van der Waals surface area (Å²) in [4.78, 5) is 2.71. The van der Waals surface area contributed by atoms with Gasteiger partial charge in [-0.3, -0.25) is 9.58 Å². The van der Waals surface area contributed by atoms with E-state index in [0.717, 1.165) is 18.8 Å². The van der Waals surface area contributed by atoms with Gasteiger partial charge in [-0.25, -0.2) is 0 Å². The van der Waals surface area contributed by atoms with Gasteiger partial charge in [0.1, 0.15) is 0 Å². The largest absolute Gasteiger partial charge is 0.308 e. The van der Waals surface area contributed by atoms with Crippen molar-refractivity contribution in [3.63, 3.8) is 0 Å². The minimum atomic E-state index is 0.256. The summed E-state index contributed by atoms with van der Waals surface area (Å²) in [6, 6.07) is 2.24. The lowest BCUT2D eigenvalue weighted by Crippen LogP contribution is -2.67. The van der Waals surface area contributed by atoms with Crippen molar-refractivity contribution in [2.45, 2.75) is 70.5 Å². The molecule has 1 atom stereocenters. The van der Waals surface area contributed by atoms with Crippen molar-refractivity contribution in [1.29, 1.82) is 0 Å². The highest BCUT2D eigenvalue weighted by Gasteiger charge is 2.45. The molecule has 3 rings (SSSR count). The first kappa shape index (κ1) is 15.0. The first-order chi connectivity index (χ1) is 9.96. The SMILES string of the molecule is CCC1(C)CNC2(CCCC2)CN1Cc1cc(C)nn1C. The Bertz CT molecular complexity index is 501. The van der Waals surface area contributed by atoms with E-state index in [-0.39, 0.29) is 5.54 Å². The molecule has 1 saturated heterocycles. The molecule has 21 heavy (non-hydrogen) atoms. The summed E-state index contributed by atoms with van der Waals surface area (Å²) in [5.41, 5.74) is 3.09. The van der Waals surface area contributed by atoms with E-state index >= 15 is 0 Å². The maximum absolute atomic E-state index is 4.51. The molecule has 0 radical (unpaired) electrons. The fourth-order valence-electron chi connectivity index (χ4n) is 4.09. The Morgan fingerprint density at radius 1 is 1.33 bits per heavy atom. The average Bonchev–Trinajstić information content (AvgIpc) is 3.02. The Morgan fingerprint density at radius 2 is 2.05 bits per heavy atom. The van der Waals surface area contributed by atoms with Crippen LogP contribution in [0.3, 0.4) is 0 Å². The van der Waals surface area contributed by atoms with Gasteiger partial charge < -0.3 is 5.32 Å². The van der Waals surface area contributed by atoms with Crippen LogP contribution in [0.5, 0.6) is 0 Å². The molecule has 1 aliphatic carbocycles. The molecule has 1 spiro atoms. The van der Waals surface area contributed by atoms with Crippen molar-refractivity contribution in [3.8, 4) is 0 Å². The van der Waals surface area contributed by atoms with Crippen molar-refractivity contribution < 1.29 is 0 Å². The van der Waals surface area contributed by atoms with Gasteiger partial charge in [0.15, 0.2) is 0 Å². The Labute approximate surface area is 128 Å². The zero-order valence-electron chi connectivity index (χ0n) is 14.1. The van der Waals surface area contributed by atoms with Gasteiger partial charge >= 0.3 is 0 Å². The number of nitrogens with one attached hydrogen (secondary N) is 1. The molecule has 1 aromatic rings. The summed E-state index contributed by atoms with van der Waals surface area (Å²) in [5, 5.41) is 8.42. The molecule has 0 amide bonds. The summed E-state index contributed by atoms with van der Waals surface area (Å²) < 4.78 is 2.05. The molecular weight excluding hydrogens is 260 g/mol. The lowest BCUT2D eigenvalue weighted by Gasteiger charge is -2.52.